The molecule has 4 rings (SSSR count). The average molecular weight is 401 g/mol. The molecule has 4 atom stereocenters. The lowest BCUT2D eigenvalue weighted by molar-refractivity contribution is -0.0511. The van der Waals surface area contributed by atoms with Crippen LogP contribution in [0.5, 0.6) is 0 Å². The Kier molecular flexibility index (Phi) is 4.76. The van der Waals surface area contributed by atoms with Crippen molar-refractivity contribution in [1.29, 1.82) is 0 Å². The van der Waals surface area contributed by atoms with Crippen LogP contribution in [-0.4, -0.2) is 65.7 Å². The molecule has 0 spiro atoms. The Bertz CT molecular complexity index is 1050. The lowest BCUT2D eigenvalue weighted by Gasteiger charge is -2.16. The van der Waals surface area contributed by atoms with Gasteiger partial charge in [-0.2, -0.15) is 9.97 Å². The number of amides is 1. The first-order valence-electron chi connectivity index (χ1n) is 8.68. The summed E-state index contributed by atoms with van der Waals surface area (Å²) in [4.78, 5) is 23.9. The second-order valence-corrected chi connectivity index (χ2v) is 6.55. The molecule has 1 amide bonds. The van der Waals surface area contributed by atoms with Crippen LogP contribution in [0.25, 0.3) is 11.2 Å². The standard InChI is InChI=1S/C17H19N7O5/c18-13-10-15(24(6-20-10)16-12(27)11(26)9(5-25)29-16)23-17(22-13)21-8-3-1-7(2-4-8)14(19)28/h1-4,6,9,11-12,16,25-27H,5H2,(H2,19,28)(H3,18,21,22,23)/t9-,11?,12?,16-/m1/s1. The number of nitrogens with zero attached hydrogens (tertiary/aromatic N) is 4. The first-order chi connectivity index (χ1) is 13.9. The molecule has 2 aromatic heterocycles. The van der Waals surface area contributed by atoms with Crippen molar-refractivity contribution in [3.63, 3.8) is 0 Å². The van der Waals surface area contributed by atoms with Crippen LogP contribution in [0.4, 0.5) is 17.5 Å². The van der Waals surface area contributed by atoms with Crippen LogP contribution in [0.1, 0.15) is 16.6 Å². The van der Waals surface area contributed by atoms with Crippen molar-refractivity contribution in [3.05, 3.63) is 36.2 Å². The molecular weight excluding hydrogens is 382 g/mol. The number of carbonyl (C=O) groups is 1. The number of aromatic nitrogens is 4. The number of rotatable bonds is 5. The predicted octanol–water partition coefficient (Wildman–Crippen LogP) is -1.14. The van der Waals surface area contributed by atoms with Crippen LogP contribution in [0.3, 0.4) is 0 Å². The lowest BCUT2D eigenvalue weighted by atomic mass is 10.1. The molecule has 1 aliphatic rings. The van der Waals surface area contributed by atoms with Gasteiger partial charge in [-0.05, 0) is 24.3 Å². The quantitative estimate of drug-likeness (QED) is 0.304. The molecule has 29 heavy (non-hydrogen) atoms. The van der Waals surface area contributed by atoms with E-state index >= 15 is 0 Å². The number of primary amides is 1. The number of nitrogen functional groups attached to an aromatic ring is 1. The second-order valence-electron chi connectivity index (χ2n) is 6.55. The highest BCUT2D eigenvalue weighted by molar-refractivity contribution is 5.93. The number of hydrogen-bond acceptors (Lipinski definition) is 10. The van der Waals surface area contributed by atoms with E-state index < -0.39 is 37.1 Å². The van der Waals surface area contributed by atoms with Crippen molar-refractivity contribution in [3.8, 4) is 0 Å². The van der Waals surface area contributed by atoms with Gasteiger partial charge in [-0.1, -0.05) is 0 Å². The molecule has 152 valence electrons. The molecule has 12 nitrogen and oxygen atoms in total. The molecule has 0 bridgehead atoms. The zero-order chi connectivity index (χ0) is 20.7. The van der Waals surface area contributed by atoms with Crippen LogP contribution in [0.2, 0.25) is 0 Å². The van der Waals surface area contributed by atoms with E-state index in [1.807, 2.05) is 0 Å². The van der Waals surface area contributed by atoms with Crippen LogP contribution >= 0.6 is 0 Å². The van der Waals surface area contributed by atoms with Crippen LogP contribution < -0.4 is 16.8 Å². The predicted molar refractivity (Wildman–Crippen MR) is 101 cm³/mol. The van der Waals surface area contributed by atoms with Gasteiger partial charge in [0.2, 0.25) is 11.9 Å². The number of hydrogen-bond donors (Lipinski definition) is 6. The fourth-order valence-electron chi connectivity index (χ4n) is 3.14. The molecule has 1 fully saturated rings. The molecule has 8 N–H and O–H groups in total. The van der Waals surface area contributed by atoms with Crippen LogP contribution in [-0.2, 0) is 4.74 Å². The molecule has 0 saturated carbocycles. The van der Waals surface area contributed by atoms with E-state index in [1.54, 1.807) is 24.3 Å². The highest BCUT2D eigenvalue weighted by atomic mass is 16.6. The summed E-state index contributed by atoms with van der Waals surface area (Å²) in [5, 5.41) is 32.5. The Labute approximate surface area is 163 Å². The SMILES string of the molecule is NC(=O)c1ccc(Nc2nc(N)c3ncn([C@@H]4O[C@H](CO)C(O)C4O)c3n2)cc1. The van der Waals surface area contributed by atoms with E-state index in [-0.39, 0.29) is 22.9 Å². The number of imidazole rings is 1. The van der Waals surface area contributed by atoms with Gasteiger partial charge in [-0.3, -0.25) is 9.36 Å². The Balaban J connectivity index is 1.67. The maximum atomic E-state index is 11.2. The van der Waals surface area contributed by atoms with Crippen molar-refractivity contribution in [2.75, 3.05) is 17.7 Å². The zero-order valence-electron chi connectivity index (χ0n) is 15.0. The number of fused-ring (bicyclic) bond motifs is 1. The monoisotopic (exact) mass is 401 g/mol. The average Bonchev–Trinajstić information content (AvgIpc) is 3.24. The number of anilines is 3. The van der Waals surface area contributed by atoms with E-state index in [2.05, 4.69) is 20.3 Å². The number of ether oxygens (including phenoxy) is 1. The van der Waals surface area contributed by atoms with Crippen molar-refractivity contribution in [2.24, 2.45) is 5.73 Å². The van der Waals surface area contributed by atoms with Gasteiger partial charge in [-0.15, -0.1) is 0 Å². The number of aliphatic hydroxyl groups is 3. The minimum Gasteiger partial charge on any atom is -0.394 e. The van der Waals surface area contributed by atoms with E-state index in [0.29, 0.717) is 11.3 Å². The largest absolute Gasteiger partial charge is 0.394 e. The highest BCUT2D eigenvalue weighted by Gasteiger charge is 2.44. The van der Waals surface area contributed by atoms with Crippen LogP contribution in [0, 0.1) is 0 Å². The molecule has 2 unspecified atom stereocenters. The molecule has 3 aromatic rings. The Morgan fingerprint density at radius 1 is 1.21 bits per heavy atom. The summed E-state index contributed by atoms with van der Waals surface area (Å²) in [5.41, 5.74) is 12.7. The van der Waals surface area contributed by atoms with Gasteiger partial charge in [0.25, 0.3) is 0 Å². The van der Waals surface area contributed by atoms with Crippen molar-refractivity contribution >= 4 is 34.5 Å². The molecule has 3 heterocycles. The molecule has 0 radical (unpaired) electrons. The normalized spacial score (nSPS) is 24.1. The number of carbonyl (C=O) groups excluding carboxylic acids is 1. The van der Waals surface area contributed by atoms with E-state index in [1.165, 1.54) is 10.9 Å². The van der Waals surface area contributed by atoms with Gasteiger partial charge >= 0.3 is 0 Å². The van der Waals surface area contributed by atoms with Gasteiger partial charge < -0.3 is 36.8 Å². The maximum Gasteiger partial charge on any atom is 0.248 e. The fraction of sp³-hybridized carbons (Fsp3) is 0.294. The summed E-state index contributed by atoms with van der Waals surface area (Å²) in [6.45, 7) is -0.452. The molecular formula is C17H19N7O5. The maximum absolute atomic E-state index is 11.2. The first-order valence-corrected chi connectivity index (χ1v) is 8.68. The van der Waals surface area contributed by atoms with Gasteiger partial charge in [0.1, 0.15) is 23.8 Å². The third kappa shape index (κ3) is 3.34. The van der Waals surface area contributed by atoms with Gasteiger partial charge in [0.15, 0.2) is 17.7 Å². The van der Waals surface area contributed by atoms with E-state index in [0.717, 1.165) is 0 Å². The van der Waals surface area contributed by atoms with Gasteiger partial charge in [0, 0.05) is 11.3 Å². The number of benzene rings is 1. The zero-order valence-corrected chi connectivity index (χ0v) is 15.0. The number of nitrogens with one attached hydrogen (secondary N) is 1. The topological polar surface area (TPSA) is 195 Å². The van der Waals surface area contributed by atoms with Gasteiger partial charge in [-0.25, -0.2) is 4.98 Å². The van der Waals surface area contributed by atoms with E-state index in [4.69, 9.17) is 16.2 Å². The number of aliphatic hydroxyl groups excluding tert-OH is 3. The first kappa shape index (κ1) is 19.0. The van der Waals surface area contributed by atoms with Crippen molar-refractivity contribution in [2.45, 2.75) is 24.5 Å². The molecule has 1 aromatic carbocycles. The minimum absolute atomic E-state index is 0.0942. The third-order valence-electron chi connectivity index (χ3n) is 4.67. The van der Waals surface area contributed by atoms with E-state index in [9.17, 15) is 20.1 Å². The number of nitrogens with two attached hydrogens (primary N) is 2. The Morgan fingerprint density at radius 3 is 2.55 bits per heavy atom. The minimum atomic E-state index is -1.29. The smallest absolute Gasteiger partial charge is 0.248 e. The Hall–Kier alpha value is -3.32. The summed E-state index contributed by atoms with van der Waals surface area (Å²) in [6, 6.07) is 6.37. The Morgan fingerprint density at radius 2 is 1.93 bits per heavy atom. The van der Waals surface area contributed by atoms with Gasteiger partial charge in [0.05, 0.1) is 12.9 Å². The summed E-state index contributed by atoms with van der Waals surface area (Å²) < 4.78 is 6.94. The summed E-state index contributed by atoms with van der Waals surface area (Å²) in [6.07, 6.45) is -3.14. The highest BCUT2D eigenvalue weighted by Crippen LogP contribution is 2.32. The molecule has 1 aliphatic heterocycles. The third-order valence-corrected chi connectivity index (χ3v) is 4.67. The molecule has 0 aliphatic carbocycles. The summed E-state index contributed by atoms with van der Waals surface area (Å²) >= 11 is 0. The van der Waals surface area contributed by atoms with Crippen molar-refractivity contribution < 1.29 is 24.9 Å². The summed E-state index contributed by atoms with van der Waals surface area (Å²) in [5.74, 6) is -0.298. The van der Waals surface area contributed by atoms with Crippen molar-refractivity contribution in [1.82, 2.24) is 19.5 Å². The van der Waals surface area contributed by atoms with Crippen LogP contribution in [0.15, 0.2) is 30.6 Å². The fourth-order valence-corrected chi connectivity index (χ4v) is 3.14. The lowest BCUT2D eigenvalue weighted by Crippen LogP contribution is -2.33. The molecule has 1 saturated heterocycles. The summed E-state index contributed by atoms with van der Waals surface area (Å²) in [7, 11) is 0. The second kappa shape index (κ2) is 7.25. The molecule has 12 heteroatoms.